The predicted molar refractivity (Wildman–Crippen MR) is 104 cm³/mol. The molecular formula is C20H24ClN3O2. The van der Waals surface area contributed by atoms with Crippen LogP contribution in [0.1, 0.15) is 27.5 Å². The van der Waals surface area contributed by atoms with Crippen LogP contribution in [0.2, 0.25) is 5.02 Å². The fraction of sp³-hybridized carbons (Fsp3) is 0.300. The summed E-state index contributed by atoms with van der Waals surface area (Å²) >= 11 is 6.00. The highest BCUT2D eigenvalue weighted by atomic mass is 35.5. The second kappa shape index (κ2) is 9.36. The van der Waals surface area contributed by atoms with Gasteiger partial charge in [-0.05, 0) is 38.7 Å². The molecule has 0 aliphatic heterocycles. The van der Waals surface area contributed by atoms with Crippen molar-refractivity contribution in [3.8, 4) is 0 Å². The fourth-order valence-corrected chi connectivity index (χ4v) is 2.85. The lowest BCUT2D eigenvalue weighted by Gasteiger charge is -2.24. The Labute approximate surface area is 159 Å². The molecule has 138 valence electrons. The number of nitrogens with zero attached hydrogens (tertiary/aromatic N) is 1. The second-order valence-electron chi connectivity index (χ2n) is 6.30. The monoisotopic (exact) mass is 373 g/mol. The molecule has 0 spiro atoms. The minimum Gasteiger partial charge on any atom is -0.353 e. The highest BCUT2D eigenvalue weighted by Gasteiger charge is 2.22. The number of rotatable bonds is 7. The molecule has 2 amide bonds. The van der Waals surface area contributed by atoms with Crippen LogP contribution >= 0.6 is 11.6 Å². The van der Waals surface area contributed by atoms with Gasteiger partial charge in [-0.15, -0.1) is 0 Å². The first-order valence-corrected chi connectivity index (χ1v) is 8.81. The van der Waals surface area contributed by atoms with E-state index in [9.17, 15) is 9.59 Å². The molecule has 1 atom stereocenters. The van der Waals surface area contributed by atoms with Gasteiger partial charge >= 0.3 is 0 Å². The highest BCUT2D eigenvalue weighted by molar-refractivity contribution is 6.33. The molecular weight excluding hydrogens is 350 g/mol. The van der Waals surface area contributed by atoms with Gasteiger partial charge in [-0.1, -0.05) is 53.6 Å². The Morgan fingerprint density at radius 2 is 1.62 bits per heavy atom. The van der Waals surface area contributed by atoms with E-state index in [1.165, 1.54) is 0 Å². The van der Waals surface area contributed by atoms with Crippen LogP contribution in [0, 0.1) is 6.92 Å². The van der Waals surface area contributed by atoms with Crippen molar-refractivity contribution < 1.29 is 9.59 Å². The third-order valence-corrected chi connectivity index (χ3v) is 4.32. The molecule has 26 heavy (non-hydrogen) atoms. The number of carbonyl (C=O) groups excluding carboxylic acids is 2. The van der Waals surface area contributed by atoms with Gasteiger partial charge in [-0.3, -0.25) is 14.5 Å². The number of benzene rings is 2. The van der Waals surface area contributed by atoms with E-state index in [1.807, 2.05) is 50.2 Å². The first kappa shape index (κ1) is 19.9. The van der Waals surface area contributed by atoms with Crippen LogP contribution in [-0.4, -0.2) is 43.9 Å². The Morgan fingerprint density at radius 1 is 1.00 bits per heavy atom. The van der Waals surface area contributed by atoms with Crippen molar-refractivity contribution in [1.29, 1.82) is 0 Å². The zero-order valence-electron chi connectivity index (χ0n) is 15.3. The molecule has 5 nitrogen and oxygen atoms in total. The zero-order valence-corrected chi connectivity index (χ0v) is 16.0. The van der Waals surface area contributed by atoms with Crippen molar-refractivity contribution in [1.82, 2.24) is 15.5 Å². The Balaban J connectivity index is 1.87. The maximum atomic E-state index is 12.6. The Hall–Kier alpha value is -2.37. The number of carbonyl (C=O) groups is 2. The molecule has 2 N–H and O–H groups in total. The molecule has 2 aromatic carbocycles. The number of aryl methyl sites for hydroxylation is 1. The molecule has 0 bridgehead atoms. The van der Waals surface area contributed by atoms with Crippen molar-refractivity contribution in [2.24, 2.45) is 0 Å². The fourth-order valence-electron chi connectivity index (χ4n) is 2.63. The van der Waals surface area contributed by atoms with E-state index in [0.29, 0.717) is 23.7 Å². The number of amides is 2. The van der Waals surface area contributed by atoms with Gasteiger partial charge < -0.3 is 10.6 Å². The van der Waals surface area contributed by atoms with Gasteiger partial charge in [0, 0.05) is 13.1 Å². The van der Waals surface area contributed by atoms with Gasteiger partial charge in [0.2, 0.25) is 5.91 Å². The topological polar surface area (TPSA) is 61.4 Å². The Morgan fingerprint density at radius 3 is 2.23 bits per heavy atom. The van der Waals surface area contributed by atoms with Crippen LogP contribution in [0.5, 0.6) is 0 Å². The molecule has 0 aliphatic rings. The van der Waals surface area contributed by atoms with E-state index in [0.717, 1.165) is 11.1 Å². The molecule has 0 saturated heterocycles. The van der Waals surface area contributed by atoms with Gasteiger partial charge in [-0.2, -0.15) is 0 Å². The predicted octanol–water partition coefficient (Wildman–Crippen LogP) is 2.80. The third-order valence-electron chi connectivity index (χ3n) is 3.99. The maximum absolute atomic E-state index is 12.6. The summed E-state index contributed by atoms with van der Waals surface area (Å²) in [7, 11) is 3.73. The lowest BCUT2D eigenvalue weighted by molar-refractivity contribution is -0.125. The van der Waals surface area contributed by atoms with E-state index in [1.54, 1.807) is 24.3 Å². The number of nitrogens with one attached hydrogen (secondary N) is 2. The van der Waals surface area contributed by atoms with Gasteiger partial charge in [-0.25, -0.2) is 0 Å². The normalized spacial score (nSPS) is 11.9. The number of hydrogen-bond acceptors (Lipinski definition) is 3. The van der Waals surface area contributed by atoms with Gasteiger partial charge in [0.25, 0.3) is 5.91 Å². The summed E-state index contributed by atoms with van der Waals surface area (Å²) in [6.07, 6.45) is 0. The van der Waals surface area contributed by atoms with Crippen LogP contribution in [0.15, 0.2) is 48.5 Å². The third kappa shape index (κ3) is 5.31. The van der Waals surface area contributed by atoms with Crippen molar-refractivity contribution in [2.75, 3.05) is 27.2 Å². The second-order valence-corrected chi connectivity index (χ2v) is 6.71. The average molecular weight is 374 g/mol. The molecule has 6 heteroatoms. The SMILES string of the molecule is Cc1ccc(C(C(=O)NCCNC(=O)c2ccccc2Cl)N(C)C)cc1. The lowest BCUT2D eigenvalue weighted by Crippen LogP contribution is -2.40. The van der Waals surface area contributed by atoms with Crippen LogP contribution < -0.4 is 10.6 Å². The maximum Gasteiger partial charge on any atom is 0.252 e. The number of halogens is 1. The summed E-state index contributed by atoms with van der Waals surface area (Å²) in [5.74, 6) is -0.363. The van der Waals surface area contributed by atoms with E-state index in [4.69, 9.17) is 11.6 Å². The summed E-state index contributed by atoms with van der Waals surface area (Å²) < 4.78 is 0. The molecule has 2 aromatic rings. The van der Waals surface area contributed by atoms with E-state index in [-0.39, 0.29) is 17.9 Å². The number of hydrogen-bond donors (Lipinski definition) is 2. The van der Waals surface area contributed by atoms with Gasteiger partial charge in [0.1, 0.15) is 6.04 Å². The van der Waals surface area contributed by atoms with Crippen LogP contribution in [0.3, 0.4) is 0 Å². The van der Waals surface area contributed by atoms with E-state index >= 15 is 0 Å². The quantitative estimate of drug-likeness (QED) is 0.733. The first-order valence-electron chi connectivity index (χ1n) is 8.43. The Bertz CT molecular complexity index is 760. The molecule has 0 radical (unpaired) electrons. The van der Waals surface area contributed by atoms with Crippen molar-refractivity contribution in [3.63, 3.8) is 0 Å². The highest BCUT2D eigenvalue weighted by Crippen LogP contribution is 2.19. The smallest absolute Gasteiger partial charge is 0.252 e. The number of likely N-dealkylation sites (N-methyl/N-ethyl adjacent to an activating group) is 1. The molecule has 0 saturated carbocycles. The molecule has 0 aromatic heterocycles. The van der Waals surface area contributed by atoms with Crippen LogP contribution in [0.4, 0.5) is 0 Å². The molecule has 1 unspecified atom stereocenters. The summed E-state index contributed by atoms with van der Waals surface area (Å²) in [5.41, 5.74) is 2.50. The standard InChI is InChI=1S/C20H24ClN3O2/c1-14-8-10-15(11-9-14)18(24(2)3)20(26)23-13-12-22-19(25)16-6-4-5-7-17(16)21/h4-11,18H,12-13H2,1-3H3,(H,22,25)(H,23,26). The van der Waals surface area contributed by atoms with E-state index in [2.05, 4.69) is 10.6 Å². The van der Waals surface area contributed by atoms with Gasteiger partial charge in [0.05, 0.1) is 10.6 Å². The minimum absolute atomic E-state index is 0.106. The lowest BCUT2D eigenvalue weighted by atomic mass is 10.0. The van der Waals surface area contributed by atoms with Crippen molar-refractivity contribution in [3.05, 3.63) is 70.2 Å². The van der Waals surface area contributed by atoms with Crippen molar-refractivity contribution >= 4 is 23.4 Å². The molecule has 0 heterocycles. The summed E-state index contributed by atoms with van der Waals surface area (Å²) in [6.45, 7) is 2.67. The molecule has 0 fully saturated rings. The minimum atomic E-state index is -0.380. The summed E-state index contributed by atoms with van der Waals surface area (Å²) in [6, 6.07) is 14.4. The molecule has 0 aliphatic carbocycles. The van der Waals surface area contributed by atoms with Crippen molar-refractivity contribution in [2.45, 2.75) is 13.0 Å². The zero-order chi connectivity index (χ0) is 19.1. The van der Waals surface area contributed by atoms with E-state index < -0.39 is 0 Å². The first-order chi connectivity index (χ1) is 12.4. The Kier molecular flexibility index (Phi) is 7.18. The van der Waals surface area contributed by atoms with Gasteiger partial charge in [0.15, 0.2) is 0 Å². The average Bonchev–Trinajstić information content (AvgIpc) is 2.60. The largest absolute Gasteiger partial charge is 0.353 e. The van der Waals surface area contributed by atoms with Crippen LogP contribution in [-0.2, 0) is 4.79 Å². The molecule has 2 rings (SSSR count). The van der Waals surface area contributed by atoms with Crippen LogP contribution in [0.25, 0.3) is 0 Å². The summed E-state index contributed by atoms with van der Waals surface area (Å²) in [4.78, 5) is 26.5. The summed E-state index contributed by atoms with van der Waals surface area (Å²) in [5, 5.41) is 6.03.